The van der Waals surface area contributed by atoms with Crippen LogP contribution in [0.4, 0.5) is 5.95 Å². The first-order chi connectivity index (χ1) is 14.3. The summed E-state index contributed by atoms with van der Waals surface area (Å²) in [5, 5.41) is 11.4. The Bertz CT molecular complexity index is 956. The number of anilines is 1. The molecule has 2 fully saturated rings. The maximum atomic E-state index is 10.7. The predicted octanol–water partition coefficient (Wildman–Crippen LogP) is 3.96. The summed E-state index contributed by atoms with van der Waals surface area (Å²) in [6.45, 7) is 4.85. The molecule has 0 amide bonds. The second-order valence-electron chi connectivity index (χ2n) is 8.37. The number of nitrogens with zero attached hydrogens (tertiary/aromatic N) is 5. The molecule has 0 atom stereocenters. The zero-order valence-electron chi connectivity index (χ0n) is 16.9. The number of fused-ring (bicyclic) bond motifs is 1. The van der Waals surface area contributed by atoms with E-state index in [1.165, 1.54) is 24.8 Å². The zero-order chi connectivity index (χ0) is 19.6. The molecule has 6 heteroatoms. The van der Waals surface area contributed by atoms with Crippen molar-refractivity contribution >= 4 is 16.9 Å². The van der Waals surface area contributed by atoms with E-state index in [0.717, 1.165) is 62.4 Å². The summed E-state index contributed by atoms with van der Waals surface area (Å²) in [5.41, 5.74) is 2.21. The molecule has 6 nitrogen and oxygen atoms in total. The van der Waals surface area contributed by atoms with Gasteiger partial charge in [-0.25, -0.2) is 9.97 Å². The largest absolute Gasteiger partial charge is 0.494 e. The summed E-state index contributed by atoms with van der Waals surface area (Å²) in [7, 11) is 0. The maximum absolute atomic E-state index is 10.7. The highest BCUT2D eigenvalue weighted by atomic mass is 16.3. The Morgan fingerprint density at radius 3 is 2.48 bits per heavy atom. The van der Waals surface area contributed by atoms with Gasteiger partial charge in [0, 0.05) is 51.2 Å². The molecule has 29 heavy (non-hydrogen) atoms. The molecule has 1 aliphatic heterocycles. The third-order valence-corrected chi connectivity index (χ3v) is 6.42. The lowest BCUT2D eigenvalue weighted by atomic mass is 9.95. The van der Waals surface area contributed by atoms with E-state index in [9.17, 15) is 5.11 Å². The molecule has 0 radical (unpaired) electrons. The van der Waals surface area contributed by atoms with Gasteiger partial charge in [-0.2, -0.15) is 0 Å². The quantitative estimate of drug-likeness (QED) is 0.729. The van der Waals surface area contributed by atoms with E-state index in [4.69, 9.17) is 4.98 Å². The fourth-order valence-corrected chi connectivity index (χ4v) is 4.73. The summed E-state index contributed by atoms with van der Waals surface area (Å²) < 4.78 is 2.03. The molecule has 0 unspecified atom stereocenters. The second-order valence-corrected chi connectivity index (χ2v) is 8.37. The van der Waals surface area contributed by atoms with Crippen molar-refractivity contribution in [2.45, 2.75) is 44.7 Å². The lowest BCUT2D eigenvalue weighted by Gasteiger charge is -2.34. The van der Waals surface area contributed by atoms with Crippen LogP contribution in [0.15, 0.2) is 42.7 Å². The maximum Gasteiger partial charge on any atom is 0.226 e. The van der Waals surface area contributed by atoms with E-state index in [1.54, 1.807) is 6.20 Å². The van der Waals surface area contributed by atoms with E-state index in [-0.39, 0.29) is 0 Å². The first kappa shape index (κ1) is 18.4. The van der Waals surface area contributed by atoms with Gasteiger partial charge in [-0.3, -0.25) is 4.90 Å². The number of benzene rings is 1. The fourth-order valence-electron chi connectivity index (χ4n) is 4.73. The molecule has 0 bridgehead atoms. The van der Waals surface area contributed by atoms with Crippen LogP contribution < -0.4 is 4.90 Å². The van der Waals surface area contributed by atoms with Crippen molar-refractivity contribution in [3.8, 4) is 5.88 Å². The van der Waals surface area contributed by atoms with Crippen molar-refractivity contribution in [1.82, 2.24) is 19.4 Å². The van der Waals surface area contributed by atoms with Crippen molar-refractivity contribution in [3.05, 3.63) is 48.3 Å². The van der Waals surface area contributed by atoms with Gasteiger partial charge in [0.2, 0.25) is 11.8 Å². The lowest BCUT2D eigenvalue weighted by Crippen LogP contribution is -2.46. The van der Waals surface area contributed by atoms with Crippen LogP contribution in [-0.4, -0.2) is 50.7 Å². The molecule has 1 N–H and O–H groups in total. The summed E-state index contributed by atoms with van der Waals surface area (Å²) >= 11 is 0. The third kappa shape index (κ3) is 3.81. The van der Waals surface area contributed by atoms with E-state index < -0.39 is 0 Å². The molecule has 1 aliphatic carbocycles. The molecule has 1 saturated carbocycles. The molecule has 2 aliphatic rings. The molecule has 1 aromatic carbocycles. The average Bonchev–Trinajstić information content (AvgIpc) is 3.11. The van der Waals surface area contributed by atoms with Gasteiger partial charge in [0.25, 0.3) is 0 Å². The molecular weight excluding hydrogens is 362 g/mol. The van der Waals surface area contributed by atoms with Gasteiger partial charge >= 0.3 is 0 Å². The molecule has 3 heterocycles. The number of aromatic nitrogens is 3. The number of piperazine rings is 1. The van der Waals surface area contributed by atoms with Crippen LogP contribution in [-0.2, 0) is 6.54 Å². The van der Waals surface area contributed by atoms with Crippen molar-refractivity contribution in [3.63, 3.8) is 0 Å². The molecular formula is C23H29N5O. The smallest absolute Gasteiger partial charge is 0.226 e. The van der Waals surface area contributed by atoms with Crippen LogP contribution in [0.3, 0.4) is 0 Å². The normalized spacial score (nSPS) is 19.1. The van der Waals surface area contributed by atoms with Crippen molar-refractivity contribution in [2.75, 3.05) is 31.1 Å². The molecule has 2 aromatic heterocycles. The minimum Gasteiger partial charge on any atom is -0.494 e. The van der Waals surface area contributed by atoms with Crippen LogP contribution in [0.25, 0.3) is 10.9 Å². The lowest BCUT2D eigenvalue weighted by molar-refractivity contribution is 0.249. The van der Waals surface area contributed by atoms with E-state index >= 15 is 0 Å². The Morgan fingerprint density at radius 2 is 1.72 bits per heavy atom. The highest BCUT2D eigenvalue weighted by molar-refractivity contribution is 5.84. The van der Waals surface area contributed by atoms with Gasteiger partial charge < -0.3 is 14.6 Å². The number of rotatable bonds is 4. The highest BCUT2D eigenvalue weighted by Gasteiger charge is 2.23. The summed E-state index contributed by atoms with van der Waals surface area (Å²) in [6.07, 6.45) is 9.88. The zero-order valence-corrected chi connectivity index (χ0v) is 16.9. The molecule has 3 aromatic rings. The minimum absolute atomic E-state index is 0.325. The van der Waals surface area contributed by atoms with Crippen molar-refractivity contribution in [1.29, 1.82) is 0 Å². The summed E-state index contributed by atoms with van der Waals surface area (Å²) in [5.74, 6) is 1.10. The standard InChI is InChI=1S/C23H29N5O/c29-22-20-15-24-23(25-21(20)17-28(22)19-9-5-2-6-10-19)27-13-11-26(12-14-27)16-18-7-3-1-4-8-18/h1,3-4,7-8,15,17,19,29H,2,5-6,9-14,16H2. The summed E-state index contributed by atoms with van der Waals surface area (Å²) in [4.78, 5) is 14.1. The van der Waals surface area contributed by atoms with Gasteiger partial charge in [0.15, 0.2) is 0 Å². The number of hydrogen-bond donors (Lipinski definition) is 1. The van der Waals surface area contributed by atoms with E-state index in [0.29, 0.717) is 11.9 Å². The van der Waals surface area contributed by atoms with Gasteiger partial charge in [-0.1, -0.05) is 49.6 Å². The Balaban J connectivity index is 1.28. The van der Waals surface area contributed by atoms with Gasteiger partial charge in [-0.15, -0.1) is 0 Å². The number of hydrogen-bond acceptors (Lipinski definition) is 5. The second kappa shape index (κ2) is 8.03. The Hall–Kier alpha value is -2.60. The van der Waals surface area contributed by atoms with Crippen molar-refractivity contribution in [2.24, 2.45) is 0 Å². The van der Waals surface area contributed by atoms with Gasteiger partial charge in [0.05, 0.1) is 10.9 Å². The summed E-state index contributed by atoms with van der Waals surface area (Å²) in [6, 6.07) is 11.0. The molecule has 152 valence electrons. The first-order valence-corrected chi connectivity index (χ1v) is 10.9. The fraction of sp³-hybridized carbons (Fsp3) is 0.478. The Morgan fingerprint density at radius 1 is 0.966 bits per heavy atom. The predicted molar refractivity (Wildman–Crippen MR) is 115 cm³/mol. The Labute approximate surface area is 171 Å². The molecule has 0 spiro atoms. The van der Waals surface area contributed by atoms with Crippen LogP contribution >= 0.6 is 0 Å². The number of aromatic hydroxyl groups is 1. The van der Waals surface area contributed by atoms with Crippen LogP contribution in [0.2, 0.25) is 0 Å². The first-order valence-electron chi connectivity index (χ1n) is 10.9. The van der Waals surface area contributed by atoms with Crippen molar-refractivity contribution < 1.29 is 5.11 Å². The van der Waals surface area contributed by atoms with Gasteiger partial charge in [0.1, 0.15) is 0 Å². The van der Waals surface area contributed by atoms with Crippen LogP contribution in [0.1, 0.15) is 43.7 Å². The average molecular weight is 392 g/mol. The molecule has 1 saturated heterocycles. The third-order valence-electron chi connectivity index (χ3n) is 6.42. The topological polar surface area (TPSA) is 57.4 Å². The molecule has 5 rings (SSSR count). The van der Waals surface area contributed by atoms with Crippen LogP contribution in [0, 0.1) is 0 Å². The minimum atomic E-state index is 0.325. The Kier molecular flexibility index (Phi) is 5.10. The van der Waals surface area contributed by atoms with E-state index in [1.807, 2.05) is 10.8 Å². The van der Waals surface area contributed by atoms with Crippen LogP contribution in [0.5, 0.6) is 5.88 Å². The van der Waals surface area contributed by atoms with Gasteiger partial charge in [-0.05, 0) is 18.4 Å². The monoisotopic (exact) mass is 391 g/mol. The van der Waals surface area contributed by atoms with E-state index in [2.05, 4.69) is 45.1 Å². The highest BCUT2D eigenvalue weighted by Crippen LogP contribution is 2.36. The SMILES string of the molecule is Oc1c2cnc(N3CCN(Cc4ccccc4)CC3)nc2cn1C1CCCCC1.